The number of rotatable bonds is 6. The van der Waals surface area contributed by atoms with Gasteiger partial charge in [0.15, 0.2) is 0 Å². The fourth-order valence-electron chi connectivity index (χ4n) is 2.43. The number of thiazole rings is 1. The highest BCUT2D eigenvalue weighted by atomic mass is 32.1. The third-order valence-corrected chi connectivity index (χ3v) is 4.96. The number of carbonyl (C=O) groups is 1. The smallest absolute Gasteiger partial charge is 0.270 e. The molecule has 0 aliphatic carbocycles. The maximum absolute atomic E-state index is 12.4. The van der Waals surface area contributed by atoms with Crippen LogP contribution < -0.4 is 10.2 Å². The summed E-state index contributed by atoms with van der Waals surface area (Å²) in [5.74, 6) is -0.153. The molecule has 3 rings (SSSR count). The largest absolute Gasteiger partial charge is 0.370 e. The standard InChI is InChI=1S/C18H21N5OS/c1-13(23(3)15-7-5-4-6-8-15)9-19-17(24)16-12-25-18(21-16)14-10-20-22(2)11-14/h4-8,10-13H,9H2,1-3H3,(H,19,24). The topological polar surface area (TPSA) is 63.1 Å². The van der Waals surface area contributed by atoms with Crippen LogP contribution in [0.4, 0.5) is 5.69 Å². The van der Waals surface area contributed by atoms with Gasteiger partial charge in [0.05, 0.1) is 6.20 Å². The first-order chi connectivity index (χ1) is 12.0. The number of para-hydroxylation sites is 1. The van der Waals surface area contributed by atoms with Crippen LogP contribution in [0.3, 0.4) is 0 Å². The molecule has 1 amide bonds. The van der Waals surface area contributed by atoms with E-state index in [9.17, 15) is 4.79 Å². The van der Waals surface area contributed by atoms with Crippen LogP contribution in [0.5, 0.6) is 0 Å². The molecule has 0 aliphatic rings. The predicted molar refractivity (Wildman–Crippen MR) is 101 cm³/mol. The van der Waals surface area contributed by atoms with E-state index in [1.807, 2.05) is 38.5 Å². The van der Waals surface area contributed by atoms with Gasteiger partial charge in [-0.1, -0.05) is 18.2 Å². The molecule has 0 saturated heterocycles. The van der Waals surface area contributed by atoms with E-state index >= 15 is 0 Å². The van der Waals surface area contributed by atoms with Gasteiger partial charge in [0.2, 0.25) is 0 Å². The molecule has 25 heavy (non-hydrogen) atoms. The number of hydrogen-bond acceptors (Lipinski definition) is 5. The lowest BCUT2D eigenvalue weighted by molar-refractivity contribution is 0.0947. The summed E-state index contributed by atoms with van der Waals surface area (Å²) in [6, 6.07) is 10.3. The lowest BCUT2D eigenvalue weighted by atomic mass is 10.2. The molecular formula is C18H21N5OS. The van der Waals surface area contributed by atoms with Crippen molar-refractivity contribution in [3.63, 3.8) is 0 Å². The minimum Gasteiger partial charge on any atom is -0.370 e. The number of carbonyl (C=O) groups excluding carboxylic acids is 1. The second kappa shape index (κ2) is 7.48. The Bertz CT molecular complexity index is 842. The molecule has 0 saturated carbocycles. The van der Waals surface area contributed by atoms with E-state index in [4.69, 9.17) is 0 Å². The van der Waals surface area contributed by atoms with Crippen molar-refractivity contribution < 1.29 is 4.79 Å². The van der Waals surface area contributed by atoms with Gasteiger partial charge in [0.25, 0.3) is 5.91 Å². The van der Waals surface area contributed by atoms with Crippen molar-refractivity contribution in [1.82, 2.24) is 20.1 Å². The Morgan fingerprint density at radius 3 is 2.80 bits per heavy atom. The zero-order valence-corrected chi connectivity index (χ0v) is 15.3. The molecule has 1 unspecified atom stereocenters. The molecule has 3 aromatic rings. The van der Waals surface area contributed by atoms with Crippen molar-refractivity contribution in [2.24, 2.45) is 7.05 Å². The molecule has 0 aliphatic heterocycles. The number of benzene rings is 1. The molecule has 0 spiro atoms. The molecule has 2 heterocycles. The van der Waals surface area contributed by atoms with E-state index in [-0.39, 0.29) is 11.9 Å². The van der Waals surface area contributed by atoms with Crippen LogP contribution in [0, 0.1) is 0 Å². The molecule has 1 aromatic carbocycles. The molecular weight excluding hydrogens is 334 g/mol. The SMILES string of the molecule is CC(CNC(=O)c1csc(-c2cnn(C)c2)n1)N(C)c1ccccc1. The third kappa shape index (κ3) is 4.06. The van der Waals surface area contributed by atoms with Gasteiger partial charge >= 0.3 is 0 Å². The molecule has 1 N–H and O–H groups in total. The van der Waals surface area contributed by atoms with E-state index < -0.39 is 0 Å². The van der Waals surface area contributed by atoms with E-state index in [1.54, 1.807) is 16.3 Å². The minimum absolute atomic E-state index is 0.153. The van der Waals surface area contributed by atoms with Crippen LogP contribution in [-0.4, -0.2) is 40.3 Å². The van der Waals surface area contributed by atoms with Crippen molar-refractivity contribution >= 4 is 22.9 Å². The Kier molecular flexibility index (Phi) is 5.14. The number of anilines is 1. The first-order valence-corrected chi connectivity index (χ1v) is 8.93. The first kappa shape index (κ1) is 17.2. The average Bonchev–Trinajstić information content (AvgIpc) is 3.28. The van der Waals surface area contributed by atoms with Crippen LogP contribution in [0.25, 0.3) is 10.6 Å². The molecule has 6 nitrogen and oxygen atoms in total. The summed E-state index contributed by atoms with van der Waals surface area (Å²) < 4.78 is 1.72. The van der Waals surface area contributed by atoms with Gasteiger partial charge in [-0.2, -0.15) is 5.10 Å². The number of likely N-dealkylation sites (N-methyl/N-ethyl adjacent to an activating group) is 1. The summed E-state index contributed by atoms with van der Waals surface area (Å²) in [5.41, 5.74) is 2.49. The van der Waals surface area contributed by atoms with Crippen molar-refractivity contribution in [3.8, 4) is 10.6 Å². The van der Waals surface area contributed by atoms with Crippen molar-refractivity contribution in [1.29, 1.82) is 0 Å². The highest BCUT2D eigenvalue weighted by molar-refractivity contribution is 7.13. The fourth-order valence-corrected chi connectivity index (χ4v) is 3.20. The normalized spacial score (nSPS) is 12.0. The number of hydrogen-bond donors (Lipinski definition) is 1. The first-order valence-electron chi connectivity index (χ1n) is 8.05. The molecule has 2 aromatic heterocycles. The van der Waals surface area contributed by atoms with Crippen molar-refractivity contribution in [2.45, 2.75) is 13.0 Å². The highest BCUT2D eigenvalue weighted by Gasteiger charge is 2.15. The second-order valence-corrected chi connectivity index (χ2v) is 6.80. The molecule has 0 bridgehead atoms. The van der Waals surface area contributed by atoms with E-state index in [0.29, 0.717) is 12.2 Å². The lowest BCUT2D eigenvalue weighted by Crippen LogP contribution is -2.40. The quantitative estimate of drug-likeness (QED) is 0.738. The number of nitrogens with zero attached hydrogens (tertiary/aromatic N) is 4. The second-order valence-electron chi connectivity index (χ2n) is 5.95. The van der Waals surface area contributed by atoms with Crippen LogP contribution in [0.2, 0.25) is 0 Å². The summed E-state index contributed by atoms with van der Waals surface area (Å²) in [7, 11) is 3.88. The summed E-state index contributed by atoms with van der Waals surface area (Å²) in [5, 5.41) is 9.67. The van der Waals surface area contributed by atoms with Crippen molar-refractivity contribution in [3.05, 3.63) is 53.8 Å². The number of nitrogens with one attached hydrogen (secondary N) is 1. The van der Waals surface area contributed by atoms with Crippen LogP contribution in [0.1, 0.15) is 17.4 Å². The summed E-state index contributed by atoms with van der Waals surface area (Å²) >= 11 is 1.45. The average molecular weight is 355 g/mol. The van der Waals surface area contributed by atoms with Gasteiger partial charge in [-0.05, 0) is 19.1 Å². The molecule has 0 radical (unpaired) electrons. The van der Waals surface area contributed by atoms with Gasteiger partial charge in [0, 0.05) is 49.5 Å². The summed E-state index contributed by atoms with van der Waals surface area (Å²) in [4.78, 5) is 18.9. The summed E-state index contributed by atoms with van der Waals surface area (Å²) in [6.07, 6.45) is 3.63. The van der Waals surface area contributed by atoms with Gasteiger partial charge in [-0.25, -0.2) is 4.98 Å². The van der Waals surface area contributed by atoms with E-state index in [2.05, 4.69) is 39.4 Å². The molecule has 7 heteroatoms. The van der Waals surface area contributed by atoms with Gasteiger partial charge < -0.3 is 10.2 Å². The Hall–Kier alpha value is -2.67. The minimum atomic E-state index is -0.153. The van der Waals surface area contributed by atoms with Crippen LogP contribution in [0.15, 0.2) is 48.1 Å². The van der Waals surface area contributed by atoms with Gasteiger partial charge in [0.1, 0.15) is 10.7 Å². The Balaban J connectivity index is 1.58. The molecule has 130 valence electrons. The number of amides is 1. The Morgan fingerprint density at radius 1 is 1.36 bits per heavy atom. The number of aryl methyl sites for hydroxylation is 1. The predicted octanol–water partition coefficient (Wildman–Crippen LogP) is 2.80. The Labute approximate surface area is 151 Å². The molecule has 0 fully saturated rings. The van der Waals surface area contributed by atoms with Crippen LogP contribution in [-0.2, 0) is 7.05 Å². The van der Waals surface area contributed by atoms with E-state index in [0.717, 1.165) is 16.3 Å². The monoisotopic (exact) mass is 355 g/mol. The number of aromatic nitrogens is 3. The maximum Gasteiger partial charge on any atom is 0.270 e. The van der Waals surface area contributed by atoms with Gasteiger partial charge in [-0.3, -0.25) is 9.48 Å². The van der Waals surface area contributed by atoms with Crippen LogP contribution >= 0.6 is 11.3 Å². The fraction of sp³-hybridized carbons (Fsp3) is 0.278. The highest BCUT2D eigenvalue weighted by Crippen LogP contribution is 2.22. The zero-order valence-electron chi connectivity index (χ0n) is 14.5. The molecule has 1 atom stereocenters. The lowest BCUT2D eigenvalue weighted by Gasteiger charge is -2.27. The zero-order chi connectivity index (χ0) is 17.8. The third-order valence-electron chi connectivity index (χ3n) is 4.07. The van der Waals surface area contributed by atoms with Gasteiger partial charge in [-0.15, -0.1) is 11.3 Å². The van der Waals surface area contributed by atoms with E-state index in [1.165, 1.54) is 11.3 Å². The summed E-state index contributed by atoms with van der Waals surface area (Å²) in [6.45, 7) is 2.62. The van der Waals surface area contributed by atoms with Crippen molar-refractivity contribution in [2.75, 3.05) is 18.5 Å². The maximum atomic E-state index is 12.4. The Morgan fingerprint density at radius 2 is 2.12 bits per heavy atom.